The summed E-state index contributed by atoms with van der Waals surface area (Å²) in [5.41, 5.74) is 3.59. The molecule has 0 aromatic heterocycles. The van der Waals surface area contributed by atoms with Gasteiger partial charge >= 0.3 is 0 Å². The second-order valence-corrected chi connectivity index (χ2v) is 3.46. The van der Waals surface area contributed by atoms with Gasteiger partial charge in [-0.3, -0.25) is 0 Å². The van der Waals surface area contributed by atoms with E-state index in [9.17, 15) is 0 Å². The van der Waals surface area contributed by atoms with Crippen LogP contribution in [0.1, 0.15) is 23.1 Å². The molecule has 0 fully saturated rings. The maximum atomic E-state index is 8.39. The molecule has 0 aliphatic heterocycles. The van der Waals surface area contributed by atoms with Crippen molar-refractivity contribution in [2.24, 2.45) is 0 Å². The average molecular weight is 189 g/mol. The molecule has 2 nitrogen and oxygen atoms in total. The van der Waals surface area contributed by atoms with Crippen molar-refractivity contribution >= 4 is 0 Å². The molecule has 0 aliphatic carbocycles. The van der Waals surface area contributed by atoms with E-state index in [2.05, 4.69) is 19.1 Å². The second kappa shape index (κ2) is 4.66. The monoisotopic (exact) mass is 189 g/mol. The van der Waals surface area contributed by atoms with Crippen LogP contribution in [0.5, 0.6) is 5.75 Å². The zero-order valence-electron chi connectivity index (χ0n) is 8.92. The third-order valence-electron chi connectivity index (χ3n) is 2.24. The Hall–Kier alpha value is -1.49. The van der Waals surface area contributed by atoms with E-state index in [1.54, 1.807) is 0 Å². The Morgan fingerprint density at radius 3 is 2.64 bits per heavy atom. The van der Waals surface area contributed by atoms with Gasteiger partial charge < -0.3 is 4.74 Å². The van der Waals surface area contributed by atoms with Crippen LogP contribution < -0.4 is 4.74 Å². The summed E-state index contributed by atoms with van der Waals surface area (Å²) in [7, 11) is 0. The van der Waals surface area contributed by atoms with Gasteiger partial charge in [-0.1, -0.05) is 6.07 Å². The summed E-state index contributed by atoms with van der Waals surface area (Å²) in [6, 6.07) is 6.21. The molecule has 0 heterocycles. The summed E-state index contributed by atoms with van der Waals surface area (Å²) in [5, 5.41) is 8.39. The molecular weight excluding hydrogens is 174 g/mol. The van der Waals surface area contributed by atoms with E-state index in [-0.39, 0.29) is 0 Å². The van der Waals surface area contributed by atoms with Crippen molar-refractivity contribution in [1.29, 1.82) is 5.26 Å². The van der Waals surface area contributed by atoms with E-state index in [4.69, 9.17) is 10.00 Å². The van der Waals surface area contributed by atoms with Crippen LogP contribution in [-0.2, 0) is 0 Å². The summed E-state index contributed by atoms with van der Waals surface area (Å²) in [5.74, 6) is 0.901. The van der Waals surface area contributed by atoms with E-state index in [1.165, 1.54) is 11.1 Å². The molecule has 0 saturated carbocycles. The standard InChI is InChI=1S/C12H15NO/c1-9-7-10(2)11(3)12(8-9)14-6-4-5-13/h7-8H,4,6H2,1-3H3. The van der Waals surface area contributed by atoms with E-state index in [1.807, 2.05) is 19.9 Å². The van der Waals surface area contributed by atoms with Gasteiger partial charge in [0.25, 0.3) is 0 Å². The molecule has 0 radical (unpaired) electrons. The fourth-order valence-electron chi connectivity index (χ4n) is 1.36. The van der Waals surface area contributed by atoms with Crippen molar-refractivity contribution < 1.29 is 4.74 Å². The predicted octanol–water partition coefficient (Wildman–Crippen LogP) is 2.90. The number of aryl methyl sites for hydroxylation is 2. The average Bonchev–Trinajstić information content (AvgIpc) is 2.13. The van der Waals surface area contributed by atoms with Crippen LogP contribution >= 0.6 is 0 Å². The Labute approximate surface area is 85.1 Å². The van der Waals surface area contributed by atoms with E-state index < -0.39 is 0 Å². The van der Waals surface area contributed by atoms with Gasteiger partial charge in [0.05, 0.1) is 12.5 Å². The normalized spacial score (nSPS) is 9.57. The molecule has 0 aliphatic rings. The molecule has 1 aromatic rings. The van der Waals surface area contributed by atoms with Crippen molar-refractivity contribution in [2.45, 2.75) is 27.2 Å². The minimum atomic E-state index is 0.437. The summed E-state index contributed by atoms with van der Waals surface area (Å²) < 4.78 is 5.52. The first-order chi connectivity index (χ1) is 6.65. The highest BCUT2D eigenvalue weighted by molar-refractivity contribution is 5.41. The van der Waals surface area contributed by atoms with E-state index in [0.717, 1.165) is 11.3 Å². The van der Waals surface area contributed by atoms with Crippen molar-refractivity contribution in [3.05, 3.63) is 28.8 Å². The lowest BCUT2D eigenvalue weighted by atomic mass is 10.1. The van der Waals surface area contributed by atoms with E-state index in [0.29, 0.717) is 13.0 Å². The van der Waals surface area contributed by atoms with Gasteiger partial charge in [0.15, 0.2) is 0 Å². The minimum absolute atomic E-state index is 0.437. The first kappa shape index (κ1) is 10.6. The van der Waals surface area contributed by atoms with Crippen LogP contribution in [0.3, 0.4) is 0 Å². The number of benzene rings is 1. The fourth-order valence-corrected chi connectivity index (χ4v) is 1.36. The summed E-state index contributed by atoms with van der Waals surface area (Å²) in [6.07, 6.45) is 0.437. The van der Waals surface area contributed by atoms with Crippen molar-refractivity contribution in [1.82, 2.24) is 0 Å². The molecule has 1 rings (SSSR count). The van der Waals surface area contributed by atoms with Crippen LogP contribution in [0.2, 0.25) is 0 Å². The van der Waals surface area contributed by atoms with Crippen molar-refractivity contribution in [3.8, 4) is 11.8 Å². The molecule has 74 valence electrons. The Kier molecular flexibility index (Phi) is 3.53. The molecule has 0 amide bonds. The largest absolute Gasteiger partial charge is 0.492 e. The van der Waals surface area contributed by atoms with Crippen LogP contribution in [0, 0.1) is 32.1 Å². The number of ether oxygens (including phenoxy) is 1. The van der Waals surface area contributed by atoms with Gasteiger partial charge in [-0.05, 0) is 43.5 Å². The Bertz CT molecular complexity index is 363. The molecule has 0 N–H and O–H groups in total. The van der Waals surface area contributed by atoms with Gasteiger partial charge in [-0.25, -0.2) is 0 Å². The van der Waals surface area contributed by atoms with Crippen LogP contribution in [0.15, 0.2) is 12.1 Å². The van der Waals surface area contributed by atoms with Gasteiger partial charge in [-0.2, -0.15) is 5.26 Å². The molecule has 2 heteroatoms. The predicted molar refractivity (Wildman–Crippen MR) is 56.4 cm³/mol. The molecule has 0 unspecified atom stereocenters. The Morgan fingerprint density at radius 1 is 1.29 bits per heavy atom. The Balaban J connectivity index is 2.81. The lowest BCUT2D eigenvalue weighted by Gasteiger charge is -2.10. The van der Waals surface area contributed by atoms with Crippen LogP contribution in [0.4, 0.5) is 0 Å². The molecule has 1 aromatic carbocycles. The SMILES string of the molecule is Cc1cc(C)c(C)c(OCCC#N)c1. The van der Waals surface area contributed by atoms with Gasteiger partial charge in [-0.15, -0.1) is 0 Å². The third kappa shape index (κ3) is 2.50. The highest BCUT2D eigenvalue weighted by Gasteiger charge is 2.03. The quantitative estimate of drug-likeness (QED) is 0.685. The molecule has 0 atom stereocenters. The first-order valence-electron chi connectivity index (χ1n) is 4.72. The maximum absolute atomic E-state index is 8.39. The van der Waals surface area contributed by atoms with Crippen LogP contribution in [0.25, 0.3) is 0 Å². The number of nitrogens with zero attached hydrogens (tertiary/aromatic N) is 1. The molecule has 0 bridgehead atoms. The fraction of sp³-hybridized carbons (Fsp3) is 0.417. The van der Waals surface area contributed by atoms with Crippen molar-refractivity contribution in [2.75, 3.05) is 6.61 Å². The van der Waals surface area contributed by atoms with Gasteiger partial charge in [0, 0.05) is 0 Å². The third-order valence-corrected chi connectivity index (χ3v) is 2.24. The summed E-state index contributed by atoms with van der Waals surface area (Å²) in [4.78, 5) is 0. The second-order valence-electron chi connectivity index (χ2n) is 3.46. The molecular formula is C12H15NO. The smallest absolute Gasteiger partial charge is 0.122 e. The van der Waals surface area contributed by atoms with Crippen molar-refractivity contribution in [3.63, 3.8) is 0 Å². The first-order valence-corrected chi connectivity index (χ1v) is 4.72. The lowest BCUT2D eigenvalue weighted by Crippen LogP contribution is -1.99. The molecule has 0 spiro atoms. The molecule has 0 saturated heterocycles. The lowest BCUT2D eigenvalue weighted by molar-refractivity contribution is 0.324. The molecule has 14 heavy (non-hydrogen) atoms. The number of hydrogen-bond donors (Lipinski definition) is 0. The zero-order chi connectivity index (χ0) is 10.6. The zero-order valence-corrected chi connectivity index (χ0v) is 8.92. The highest BCUT2D eigenvalue weighted by atomic mass is 16.5. The number of nitriles is 1. The Morgan fingerprint density at radius 2 is 2.00 bits per heavy atom. The topological polar surface area (TPSA) is 33.0 Å². The maximum Gasteiger partial charge on any atom is 0.122 e. The van der Waals surface area contributed by atoms with Gasteiger partial charge in [0.1, 0.15) is 12.4 Å². The van der Waals surface area contributed by atoms with Gasteiger partial charge in [0.2, 0.25) is 0 Å². The minimum Gasteiger partial charge on any atom is -0.492 e. The number of hydrogen-bond acceptors (Lipinski definition) is 2. The summed E-state index contributed by atoms with van der Waals surface area (Å²) >= 11 is 0. The summed E-state index contributed by atoms with van der Waals surface area (Å²) in [6.45, 7) is 6.62. The highest BCUT2D eigenvalue weighted by Crippen LogP contribution is 2.23. The number of rotatable bonds is 3. The van der Waals surface area contributed by atoms with E-state index >= 15 is 0 Å². The van der Waals surface area contributed by atoms with Crippen LogP contribution in [-0.4, -0.2) is 6.61 Å².